The second kappa shape index (κ2) is 8.17. The number of hydrogen-bond acceptors (Lipinski definition) is 5. The molecule has 6 nitrogen and oxygen atoms in total. The maximum Gasteiger partial charge on any atom is 0.270 e. The van der Waals surface area contributed by atoms with Crippen molar-refractivity contribution in [2.24, 2.45) is 7.05 Å². The minimum atomic E-state index is -0.336. The van der Waals surface area contributed by atoms with Crippen LogP contribution in [0.15, 0.2) is 35.1 Å². The second-order valence-electron chi connectivity index (χ2n) is 7.42. The van der Waals surface area contributed by atoms with E-state index in [4.69, 9.17) is 27.9 Å². The number of rotatable bonds is 3. The van der Waals surface area contributed by atoms with Gasteiger partial charge in [0.05, 0.1) is 11.2 Å². The van der Waals surface area contributed by atoms with Gasteiger partial charge in [-0.1, -0.05) is 29.3 Å². The van der Waals surface area contributed by atoms with Crippen molar-refractivity contribution in [1.29, 1.82) is 5.26 Å². The Morgan fingerprint density at radius 1 is 1.20 bits per heavy atom. The molecule has 3 heterocycles. The van der Waals surface area contributed by atoms with Crippen LogP contribution in [0, 0.1) is 18.3 Å². The molecule has 1 saturated heterocycles. The summed E-state index contributed by atoms with van der Waals surface area (Å²) in [4.78, 5) is 19.2. The molecule has 30 heavy (non-hydrogen) atoms. The molecule has 0 bridgehead atoms. The van der Waals surface area contributed by atoms with Crippen LogP contribution in [0.3, 0.4) is 0 Å². The van der Waals surface area contributed by atoms with E-state index < -0.39 is 0 Å². The summed E-state index contributed by atoms with van der Waals surface area (Å²) in [6.07, 6.45) is 1.52. The molecule has 3 aromatic rings. The van der Waals surface area contributed by atoms with Crippen molar-refractivity contribution >= 4 is 39.9 Å². The summed E-state index contributed by atoms with van der Waals surface area (Å²) in [7, 11) is 1.64. The average molecular weight is 443 g/mol. The quantitative estimate of drug-likeness (QED) is 0.559. The van der Waals surface area contributed by atoms with E-state index in [1.54, 1.807) is 19.2 Å². The molecule has 0 atom stereocenters. The first-order valence-corrected chi connectivity index (χ1v) is 10.4. The van der Waals surface area contributed by atoms with Crippen molar-refractivity contribution in [3.63, 3.8) is 0 Å². The Morgan fingerprint density at radius 2 is 1.93 bits per heavy atom. The summed E-state index contributed by atoms with van der Waals surface area (Å²) in [5.74, 6) is 0.745. The molecule has 2 aromatic heterocycles. The lowest BCUT2D eigenvalue weighted by atomic mass is 10.0. The maximum absolute atomic E-state index is 12.7. The van der Waals surface area contributed by atoms with Gasteiger partial charge in [-0.25, -0.2) is 4.98 Å². The van der Waals surface area contributed by atoms with E-state index in [0.717, 1.165) is 24.2 Å². The number of nitriles is 1. The number of hydrogen-bond donors (Lipinski definition) is 0. The lowest BCUT2D eigenvalue weighted by Crippen LogP contribution is -2.40. The number of ether oxygens (including phenoxy) is 1. The number of pyridine rings is 2. The van der Waals surface area contributed by atoms with Gasteiger partial charge in [0.15, 0.2) is 0 Å². The van der Waals surface area contributed by atoms with Gasteiger partial charge in [0.2, 0.25) is 0 Å². The van der Waals surface area contributed by atoms with E-state index in [9.17, 15) is 10.1 Å². The van der Waals surface area contributed by atoms with E-state index in [0.29, 0.717) is 40.0 Å². The van der Waals surface area contributed by atoms with Crippen LogP contribution in [-0.2, 0) is 7.05 Å². The molecule has 154 valence electrons. The number of fused-ring (bicyclic) bond motifs is 1. The van der Waals surface area contributed by atoms with Gasteiger partial charge in [-0.15, -0.1) is 0 Å². The number of piperidine rings is 1. The summed E-state index contributed by atoms with van der Waals surface area (Å²) < 4.78 is 7.54. The van der Waals surface area contributed by atoms with Gasteiger partial charge < -0.3 is 14.2 Å². The first-order chi connectivity index (χ1) is 14.4. The number of benzene rings is 1. The normalized spacial score (nSPS) is 14.7. The Balaban J connectivity index is 1.62. The van der Waals surface area contributed by atoms with Crippen LogP contribution in [0.1, 0.15) is 24.0 Å². The van der Waals surface area contributed by atoms with Crippen LogP contribution in [-0.4, -0.2) is 28.7 Å². The zero-order chi connectivity index (χ0) is 21.4. The molecule has 4 rings (SSSR count). The summed E-state index contributed by atoms with van der Waals surface area (Å²) in [6, 6.07) is 11.2. The zero-order valence-corrected chi connectivity index (χ0v) is 18.2. The Hall–Kier alpha value is -2.75. The molecule has 0 N–H and O–H groups in total. The highest BCUT2D eigenvalue weighted by atomic mass is 35.5. The molecular weight excluding hydrogens is 423 g/mol. The first kappa shape index (κ1) is 20.5. The van der Waals surface area contributed by atoms with Gasteiger partial charge in [-0.05, 0) is 36.8 Å². The van der Waals surface area contributed by atoms with Crippen molar-refractivity contribution in [2.45, 2.75) is 25.9 Å². The van der Waals surface area contributed by atoms with Crippen LogP contribution in [0.4, 0.5) is 5.69 Å². The Kier molecular flexibility index (Phi) is 5.59. The second-order valence-corrected chi connectivity index (χ2v) is 8.21. The van der Waals surface area contributed by atoms with Crippen molar-refractivity contribution in [3.05, 3.63) is 62.0 Å². The highest BCUT2D eigenvalue weighted by molar-refractivity contribution is 6.31. The molecule has 0 radical (unpaired) electrons. The molecule has 0 aliphatic carbocycles. The highest BCUT2D eigenvalue weighted by Crippen LogP contribution is 2.31. The monoisotopic (exact) mass is 442 g/mol. The Bertz CT molecular complexity index is 1220. The third kappa shape index (κ3) is 3.71. The fourth-order valence-corrected chi connectivity index (χ4v) is 4.13. The van der Waals surface area contributed by atoms with Gasteiger partial charge in [-0.2, -0.15) is 5.26 Å². The highest BCUT2D eigenvalue weighted by Gasteiger charge is 2.27. The Morgan fingerprint density at radius 3 is 2.60 bits per heavy atom. The fraction of sp³-hybridized carbons (Fsp3) is 0.318. The van der Waals surface area contributed by atoms with Crippen molar-refractivity contribution in [3.8, 4) is 11.8 Å². The molecule has 0 amide bonds. The van der Waals surface area contributed by atoms with Crippen LogP contribution in [0.5, 0.6) is 5.75 Å². The Labute approximate surface area is 184 Å². The lowest BCUT2D eigenvalue weighted by Gasteiger charge is -2.34. The van der Waals surface area contributed by atoms with Crippen LogP contribution in [0.2, 0.25) is 10.2 Å². The average Bonchev–Trinajstić information content (AvgIpc) is 2.74. The van der Waals surface area contributed by atoms with Gasteiger partial charge in [0.25, 0.3) is 5.56 Å². The van der Waals surface area contributed by atoms with Crippen LogP contribution < -0.4 is 15.2 Å². The topological polar surface area (TPSA) is 71.2 Å². The molecule has 1 fully saturated rings. The van der Waals surface area contributed by atoms with Crippen LogP contribution >= 0.6 is 23.2 Å². The predicted molar refractivity (Wildman–Crippen MR) is 119 cm³/mol. The van der Waals surface area contributed by atoms with Gasteiger partial charge in [0.1, 0.15) is 34.2 Å². The van der Waals surface area contributed by atoms with E-state index >= 15 is 0 Å². The molecule has 8 heteroatoms. The van der Waals surface area contributed by atoms with Crippen LogP contribution in [0.25, 0.3) is 11.0 Å². The van der Waals surface area contributed by atoms with Crippen molar-refractivity contribution in [1.82, 2.24) is 9.55 Å². The molecule has 1 aliphatic rings. The predicted octanol–water partition coefficient (Wildman–Crippen LogP) is 4.47. The minimum absolute atomic E-state index is 0.0277. The summed E-state index contributed by atoms with van der Waals surface area (Å²) >= 11 is 12.3. The summed E-state index contributed by atoms with van der Waals surface area (Å²) in [5.41, 5.74) is 2.51. The number of anilines is 1. The van der Waals surface area contributed by atoms with E-state index in [1.165, 1.54) is 4.57 Å². The fourth-order valence-electron chi connectivity index (χ4n) is 3.81. The van der Waals surface area contributed by atoms with E-state index in [-0.39, 0.29) is 17.2 Å². The molecule has 0 unspecified atom stereocenters. The third-order valence-electron chi connectivity index (χ3n) is 5.50. The summed E-state index contributed by atoms with van der Waals surface area (Å²) in [5, 5.41) is 10.7. The number of halogens is 2. The molecule has 0 saturated carbocycles. The minimum Gasteiger partial charge on any atom is -0.490 e. The number of nitrogens with zero attached hydrogens (tertiary/aromatic N) is 4. The third-order valence-corrected chi connectivity index (χ3v) is 6.11. The number of aromatic nitrogens is 2. The van der Waals surface area contributed by atoms with Gasteiger partial charge in [-0.3, -0.25) is 4.79 Å². The van der Waals surface area contributed by atoms with Crippen molar-refractivity contribution in [2.75, 3.05) is 18.0 Å². The maximum atomic E-state index is 12.7. The zero-order valence-electron chi connectivity index (χ0n) is 16.7. The number of aryl methyl sites for hydroxylation is 2. The van der Waals surface area contributed by atoms with Crippen molar-refractivity contribution < 1.29 is 4.74 Å². The largest absolute Gasteiger partial charge is 0.490 e. The summed E-state index contributed by atoms with van der Waals surface area (Å²) in [6.45, 7) is 3.22. The first-order valence-electron chi connectivity index (χ1n) is 9.66. The van der Waals surface area contributed by atoms with E-state index in [2.05, 4.69) is 11.1 Å². The van der Waals surface area contributed by atoms with E-state index in [1.807, 2.05) is 30.0 Å². The molecule has 1 aromatic carbocycles. The van der Waals surface area contributed by atoms with Gasteiger partial charge >= 0.3 is 0 Å². The SMILES string of the molecule is Cc1ccc(OC2CCN(c3c(C#N)c(=O)n(C)c4ccc(Cl)nc34)CC2)cc1Cl. The van der Waals surface area contributed by atoms with Gasteiger partial charge in [0, 0.05) is 38.0 Å². The standard InChI is InChI=1S/C22H20Cl2N4O2/c1-13-3-4-15(11-17(13)23)30-14-7-9-28(10-8-14)21-16(12-25)22(29)27(2)18-5-6-19(24)26-20(18)21/h3-6,11,14H,7-10H2,1-2H3. The molecular formula is C22H20Cl2N4O2. The molecule has 1 aliphatic heterocycles. The lowest BCUT2D eigenvalue weighted by molar-refractivity contribution is 0.171. The molecule has 0 spiro atoms. The smallest absolute Gasteiger partial charge is 0.270 e.